The zero-order valence-electron chi connectivity index (χ0n) is 10.5. The summed E-state index contributed by atoms with van der Waals surface area (Å²) in [6.07, 6.45) is 6.46. The average molecular weight is 258 g/mol. The van der Waals surface area contributed by atoms with Gasteiger partial charge in [0.25, 0.3) is 0 Å². The van der Waals surface area contributed by atoms with Crippen LogP contribution < -0.4 is 5.32 Å². The molecule has 0 saturated heterocycles. The second-order valence-electron chi connectivity index (χ2n) is 4.98. The zero-order valence-corrected chi connectivity index (χ0v) is 11.3. The molecule has 2 rings (SSSR count). The van der Waals surface area contributed by atoms with Crippen LogP contribution in [-0.2, 0) is 0 Å². The maximum atomic E-state index is 5.87. The normalized spacial score (nSPS) is 20.4. The molecule has 0 radical (unpaired) electrons. The highest BCUT2D eigenvalue weighted by molar-refractivity contribution is 6.20. The molecule has 17 heavy (non-hydrogen) atoms. The van der Waals surface area contributed by atoms with E-state index in [4.69, 9.17) is 16.0 Å². The lowest BCUT2D eigenvalue weighted by Crippen LogP contribution is -2.25. The number of nitrogens with one attached hydrogen (secondary N) is 1. The Morgan fingerprint density at radius 2 is 2.12 bits per heavy atom. The van der Waals surface area contributed by atoms with Crippen molar-refractivity contribution in [2.45, 2.75) is 51.3 Å². The minimum Gasteiger partial charge on any atom is -0.407 e. The molecule has 0 spiro atoms. The maximum Gasteiger partial charge on any atom is 0.315 e. The Morgan fingerprint density at radius 3 is 2.65 bits per heavy atom. The molecule has 1 aliphatic carbocycles. The number of rotatable bonds is 5. The Balaban J connectivity index is 1.92. The van der Waals surface area contributed by atoms with E-state index in [0.29, 0.717) is 17.3 Å². The van der Waals surface area contributed by atoms with Crippen LogP contribution in [0.1, 0.15) is 57.2 Å². The quantitative estimate of drug-likeness (QED) is 0.816. The minimum atomic E-state index is -0.232. The first-order chi connectivity index (χ1) is 8.15. The summed E-state index contributed by atoms with van der Waals surface area (Å²) in [5.74, 6) is 0.478. The van der Waals surface area contributed by atoms with Gasteiger partial charge < -0.3 is 9.73 Å². The van der Waals surface area contributed by atoms with Crippen LogP contribution in [-0.4, -0.2) is 16.7 Å². The molecule has 0 aliphatic heterocycles. The van der Waals surface area contributed by atoms with E-state index in [1.807, 2.05) is 6.92 Å². The van der Waals surface area contributed by atoms with Gasteiger partial charge in [-0.1, -0.05) is 24.9 Å². The van der Waals surface area contributed by atoms with Gasteiger partial charge in [0.2, 0.25) is 5.89 Å². The number of hydrogen-bond acceptors (Lipinski definition) is 4. The van der Waals surface area contributed by atoms with Gasteiger partial charge in [0.1, 0.15) is 5.38 Å². The van der Waals surface area contributed by atoms with Crippen molar-refractivity contribution in [2.75, 3.05) is 11.9 Å². The first kappa shape index (κ1) is 12.7. The van der Waals surface area contributed by atoms with E-state index < -0.39 is 0 Å². The number of hydrogen-bond donors (Lipinski definition) is 1. The smallest absolute Gasteiger partial charge is 0.315 e. The molecule has 1 aromatic rings. The fourth-order valence-corrected chi connectivity index (χ4v) is 2.60. The fourth-order valence-electron chi connectivity index (χ4n) is 2.51. The molecule has 1 saturated carbocycles. The highest BCUT2D eigenvalue weighted by atomic mass is 35.5. The topological polar surface area (TPSA) is 51.0 Å². The van der Waals surface area contributed by atoms with E-state index in [0.717, 1.165) is 6.54 Å². The van der Waals surface area contributed by atoms with Gasteiger partial charge in [-0.15, -0.1) is 16.7 Å². The molecule has 0 bridgehead atoms. The van der Waals surface area contributed by atoms with Crippen molar-refractivity contribution in [3.63, 3.8) is 0 Å². The molecule has 0 amide bonds. The summed E-state index contributed by atoms with van der Waals surface area (Å²) in [4.78, 5) is 0. The van der Waals surface area contributed by atoms with E-state index in [9.17, 15) is 0 Å². The van der Waals surface area contributed by atoms with Crippen LogP contribution in [0.4, 0.5) is 6.01 Å². The number of halogens is 1. The number of aromatic nitrogens is 2. The lowest BCUT2D eigenvalue weighted by atomic mass is 9.83. The monoisotopic (exact) mass is 257 g/mol. The van der Waals surface area contributed by atoms with Crippen LogP contribution >= 0.6 is 11.6 Å². The second kappa shape index (κ2) is 5.25. The van der Waals surface area contributed by atoms with Crippen LogP contribution in [0.25, 0.3) is 0 Å². The third-order valence-electron chi connectivity index (χ3n) is 3.81. The predicted octanol–water partition coefficient (Wildman–Crippen LogP) is 3.75. The van der Waals surface area contributed by atoms with Crippen LogP contribution in [0.5, 0.6) is 0 Å². The van der Waals surface area contributed by atoms with Gasteiger partial charge in [-0.2, -0.15) is 0 Å². The summed E-state index contributed by atoms with van der Waals surface area (Å²) in [6, 6.07) is 0.493. The summed E-state index contributed by atoms with van der Waals surface area (Å²) in [6.45, 7) is 5.00. The van der Waals surface area contributed by atoms with Gasteiger partial charge >= 0.3 is 6.01 Å². The molecule has 0 aromatic carbocycles. The molecule has 1 heterocycles. The van der Waals surface area contributed by atoms with Crippen LogP contribution in [0.3, 0.4) is 0 Å². The highest BCUT2D eigenvalue weighted by Crippen LogP contribution is 2.40. The van der Waals surface area contributed by atoms with Gasteiger partial charge in [0, 0.05) is 6.54 Å². The van der Waals surface area contributed by atoms with E-state index >= 15 is 0 Å². The molecule has 1 N–H and O–H groups in total. The summed E-state index contributed by atoms with van der Waals surface area (Å²) in [5.41, 5.74) is 0.418. The van der Waals surface area contributed by atoms with E-state index in [-0.39, 0.29) is 5.38 Å². The van der Waals surface area contributed by atoms with Crippen LogP contribution in [0.15, 0.2) is 4.42 Å². The summed E-state index contributed by atoms with van der Waals surface area (Å²) in [7, 11) is 0. The van der Waals surface area contributed by atoms with Gasteiger partial charge in [-0.05, 0) is 31.6 Å². The SMILES string of the molecule is CCC1(CNc2nnc(C(C)Cl)o2)CCCC1. The highest BCUT2D eigenvalue weighted by Gasteiger charge is 2.32. The summed E-state index contributed by atoms with van der Waals surface area (Å²) < 4.78 is 5.43. The van der Waals surface area contributed by atoms with Gasteiger partial charge in [-0.3, -0.25) is 0 Å². The summed E-state index contributed by atoms with van der Waals surface area (Å²) in [5, 5.41) is 10.9. The number of alkyl halides is 1. The number of anilines is 1. The first-order valence-corrected chi connectivity index (χ1v) is 6.80. The molecule has 1 fully saturated rings. The van der Waals surface area contributed by atoms with Crippen LogP contribution in [0.2, 0.25) is 0 Å². The van der Waals surface area contributed by atoms with Crippen molar-refractivity contribution in [1.82, 2.24) is 10.2 Å². The third kappa shape index (κ3) is 2.92. The molecular weight excluding hydrogens is 238 g/mol. The molecule has 96 valence electrons. The first-order valence-electron chi connectivity index (χ1n) is 6.36. The Bertz CT molecular complexity index is 358. The second-order valence-corrected chi connectivity index (χ2v) is 5.63. The summed E-state index contributed by atoms with van der Waals surface area (Å²) >= 11 is 5.87. The van der Waals surface area contributed by atoms with E-state index in [2.05, 4.69) is 22.4 Å². The molecule has 1 aliphatic rings. The molecule has 4 nitrogen and oxygen atoms in total. The van der Waals surface area contributed by atoms with Crippen molar-refractivity contribution in [3.05, 3.63) is 5.89 Å². The fraction of sp³-hybridized carbons (Fsp3) is 0.833. The van der Waals surface area contributed by atoms with Gasteiger partial charge in [0.15, 0.2) is 0 Å². The average Bonchev–Trinajstić information content (AvgIpc) is 2.96. The molecule has 1 atom stereocenters. The molecular formula is C12H20ClN3O. The number of nitrogens with zero attached hydrogens (tertiary/aromatic N) is 2. The van der Waals surface area contributed by atoms with Gasteiger partial charge in [-0.25, -0.2) is 0 Å². The zero-order chi connectivity index (χ0) is 12.3. The van der Waals surface area contributed by atoms with Crippen molar-refractivity contribution in [2.24, 2.45) is 5.41 Å². The van der Waals surface area contributed by atoms with E-state index in [1.165, 1.54) is 32.1 Å². The predicted molar refractivity (Wildman–Crippen MR) is 68.2 cm³/mol. The minimum absolute atomic E-state index is 0.232. The Labute approximate surface area is 107 Å². The lowest BCUT2D eigenvalue weighted by molar-refractivity contribution is 0.303. The van der Waals surface area contributed by atoms with Gasteiger partial charge in [0.05, 0.1) is 0 Å². The van der Waals surface area contributed by atoms with Crippen molar-refractivity contribution < 1.29 is 4.42 Å². The van der Waals surface area contributed by atoms with Crippen molar-refractivity contribution >= 4 is 17.6 Å². The third-order valence-corrected chi connectivity index (χ3v) is 4.00. The van der Waals surface area contributed by atoms with Crippen LogP contribution in [0, 0.1) is 5.41 Å². The van der Waals surface area contributed by atoms with Crippen molar-refractivity contribution in [1.29, 1.82) is 0 Å². The Kier molecular flexibility index (Phi) is 3.92. The molecule has 5 heteroatoms. The maximum absolute atomic E-state index is 5.87. The largest absolute Gasteiger partial charge is 0.407 e. The Hall–Kier alpha value is -0.770. The standard InChI is InChI=1S/C12H20ClN3O/c1-3-12(6-4-5-7-12)8-14-11-16-15-10(17-11)9(2)13/h9H,3-8H2,1-2H3,(H,14,16). The van der Waals surface area contributed by atoms with E-state index in [1.54, 1.807) is 0 Å². The molecule has 1 unspecified atom stereocenters. The molecule has 1 aromatic heterocycles. The van der Waals surface area contributed by atoms with Crippen molar-refractivity contribution in [3.8, 4) is 0 Å². The Morgan fingerprint density at radius 1 is 1.41 bits per heavy atom. The lowest BCUT2D eigenvalue weighted by Gasteiger charge is -2.26.